The van der Waals surface area contributed by atoms with Gasteiger partial charge in [0.1, 0.15) is 0 Å². The lowest BCUT2D eigenvalue weighted by molar-refractivity contribution is 0.335. The molecule has 0 heterocycles. The van der Waals surface area contributed by atoms with Crippen LogP contribution in [0.25, 0.3) is 0 Å². The van der Waals surface area contributed by atoms with E-state index in [1.807, 2.05) is 26.2 Å². The summed E-state index contributed by atoms with van der Waals surface area (Å²) in [5.74, 6) is 0. The molecule has 2 aromatic rings. The van der Waals surface area contributed by atoms with Gasteiger partial charge < -0.3 is 4.90 Å². The van der Waals surface area contributed by atoms with Gasteiger partial charge in [0.05, 0.1) is 11.5 Å². The zero-order chi connectivity index (χ0) is 14.9. The highest BCUT2D eigenvalue weighted by molar-refractivity contribution is 5.54. The Balaban J connectivity index is 2.14. The van der Waals surface area contributed by atoms with Crippen molar-refractivity contribution in [2.75, 3.05) is 20.6 Å². The SMILES string of the molecule is CN(C)CC1(C#N)CC1(c1ccccc1)c1ccccc1. The summed E-state index contributed by atoms with van der Waals surface area (Å²) < 4.78 is 0. The molecule has 3 rings (SSSR count). The zero-order valence-corrected chi connectivity index (χ0v) is 12.6. The molecule has 2 heteroatoms. The van der Waals surface area contributed by atoms with Crippen molar-refractivity contribution in [1.82, 2.24) is 4.90 Å². The van der Waals surface area contributed by atoms with Gasteiger partial charge in [0, 0.05) is 12.0 Å². The lowest BCUT2D eigenvalue weighted by Gasteiger charge is -2.25. The van der Waals surface area contributed by atoms with E-state index in [4.69, 9.17) is 0 Å². The molecule has 0 saturated heterocycles. The summed E-state index contributed by atoms with van der Waals surface area (Å²) in [6, 6.07) is 23.6. The highest BCUT2D eigenvalue weighted by atomic mass is 15.1. The van der Waals surface area contributed by atoms with Crippen molar-refractivity contribution in [1.29, 1.82) is 5.26 Å². The van der Waals surface area contributed by atoms with Gasteiger partial charge in [0.25, 0.3) is 0 Å². The van der Waals surface area contributed by atoms with Gasteiger partial charge in [-0.25, -0.2) is 0 Å². The first-order valence-electron chi connectivity index (χ1n) is 7.32. The van der Waals surface area contributed by atoms with E-state index in [2.05, 4.69) is 59.5 Å². The molecule has 0 aromatic heterocycles. The minimum atomic E-state index is -0.334. The molecule has 0 radical (unpaired) electrons. The van der Waals surface area contributed by atoms with Gasteiger partial charge in [0.15, 0.2) is 0 Å². The van der Waals surface area contributed by atoms with Crippen LogP contribution in [0.1, 0.15) is 17.5 Å². The molecule has 2 nitrogen and oxygen atoms in total. The van der Waals surface area contributed by atoms with Gasteiger partial charge in [-0.15, -0.1) is 0 Å². The van der Waals surface area contributed by atoms with Crippen molar-refractivity contribution in [2.24, 2.45) is 5.41 Å². The molecule has 1 saturated carbocycles. The minimum absolute atomic E-state index is 0.172. The molecule has 0 bridgehead atoms. The zero-order valence-electron chi connectivity index (χ0n) is 12.6. The van der Waals surface area contributed by atoms with Crippen molar-refractivity contribution in [3.8, 4) is 6.07 Å². The van der Waals surface area contributed by atoms with Crippen molar-refractivity contribution in [3.63, 3.8) is 0 Å². The number of nitrogens with zero attached hydrogens (tertiary/aromatic N) is 2. The van der Waals surface area contributed by atoms with E-state index in [0.29, 0.717) is 0 Å². The number of hydrogen-bond acceptors (Lipinski definition) is 2. The second-order valence-electron chi connectivity index (χ2n) is 6.25. The van der Waals surface area contributed by atoms with E-state index >= 15 is 0 Å². The Labute approximate surface area is 126 Å². The van der Waals surface area contributed by atoms with Crippen molar-refractivity contribution in [2.45, 2.75) is 11.8 Å². The Bertz CT molecular complexity index is 615. The summed E-state index contributed by atoms with van der Waals surface area (Å²) in [6.45, 7) is 0.785. The average Bonchev–Trinajstić information content (AvgIpc) is 3.18. The number of nitriles is 1. The first kappa shape index (κ1) is 13.9. The molecule has 2 aromatic carbocycles. The second-order valence-corrected chi connectivity index (χ2v) is 6.25. The molecule has 0 amide bonds. The van der Waals surface area contributed by atoms with E-state index in [9.17, 15) is 5.26 Å². The monoisotopic (exact) mass is 276 g/mol. The molecular formula is C19H20N2. The first-order chi connectivity index (χ1) is 10.1. The maximum Gasteiger partial charge on any atom is 0.0849 e. The first-order valence-corrected chi connectivity index (χ1v) is 7.32. The normalized spacial score (nSPS) is 22.8. The van der Waals surface area contributed by atoms with Crippen molar-refractivity contribution in [3.05, 3.63) is 71.8 Å². The third-order valence-corrected chi connectivity index (χ3v) is 4.59. The molecule has 1 aliphatic carbocycles. The van der Waals surface area contributed by atoms with E-state index in [-0.39, 0.29) is 10.8 Å². The Morgan fingerprint density at radius 3 is 1.81 bits per heavy atom. The molecule has 1 atom stereocenters. The van der Waals surface area contributed by atoms with E-state index in [1.54, 1.807) is 0 Å². The molecule has 1 fully saturated rings. The molecule has 0 N–H and O–H groups in total. The summed E-state index contributed by atoms with van der Waals surface area (Å²) in [4.78, 5) is 2.12. The smallest absolute Gasteiger partial charge is 0.0849 e. The highest BCUT2D eigenvalue weighted by Crippen LogP contribution is 2.68. The van der Waals surface area contributed by atoms with Crippen LogP contribution in [0.15, 0.2) is 60.7 Å². The van der Waals surface area contributed by atoms with E-state index < -0.39 is 0 Å². The van der Waals surface area contributed by atoms with Crippen LogP contribution in [0, 0.1) is 16.7 Å². The molecule has 0 spiro atoms. The van der Waals surface area contributed by atoms with Gasteiger partial charge in [-0.3, -0.25) is 0 Å². The number of rotatable bonds is 4. The van der Waals surface area contributed by atoms with Gasteiger partial charge in [-0.2, -0.15) is 5.26 Å². The Kier molecular flexibility index (Phi) is 3.31. The fourth-order valence-corrected chi connectivity index (χ4v) is 3.68. The molecule has 21 heavy (non-hydrogen) atoms. The fourth-order valence-electron chi connectivity index (χ4n) is 3.68. The summed E-state index contributed by atoms with van der Waals surface area (Å²) in [5.41, 5.74) is 1.99. The largest absolute Gasteiger partial charge is 0.308 e. The third kappa shape index (κ3) is 2.05. The highest BCUT2D eigenvalue weighted by Gasteiger charge is 2.69. The quantitative estimate of drug-likeness (QED) is 0.855. The maximum atomic E-state index is 9.89. The van der Waals surface area contributed by atoms with Crippen LogP contribution in [0.4, 0.5) is 0 Å². The second kappa shape index (κ2) is 5.02. The van der Waals surface area contributed by atoms with Gasteiger partial charge in [0.2, 0.25) is 0 Å². The van der Waals surface area contributed by atoms with Gasteiger partial charge in [-0.1, -0.05) is 60.7 Å². The van der Waals surface area contributed by atoms with Gasteiger partial charge >= 0.3 is 0 Å². The standard InChI is InChI=1S/C19H20N2/c1-21(2)15-18(14-20)13-19(18,16-9-5-3-6-10-16)17-11-7-4-8-12-17/h3-12H,13,15H2,1-2H3. The van der Waals surface area contributed by atoms with Gasteiger partial charge in [-0.05, 0) is 31.6 Å². The lowest BCUT2D eigenvalue weighted by Crippen LogP contribution is -2.29. The van der Waals surface area contributed by atoms with E-state index in [0.717, 1.165) is 13.0 Å². The van der Waals surface area contributed by atoms with Crippen LogP contribution in [-0.2, 0) is 5.41 Å². The van der Waals surface area contributed by atoms with Crippen LogP contribution >= 0.6 is 0 Å². The Morgan fingerprint density at radius 1 is 0.952 bits per heavy atom. The minimum Gasteiger partial charge on any atom is -0.308 e. The van der Waals surface area contributed by atoms with Crippen LogP contribution in [0.2, 0.25) is 0 Å². The Hall–Kier alpha value is -2.11. The number of hydrogen-bond donors (Lipinski definition) is 0. The average molecular weight is 276 g/mol. The molecule has 106 valence electrons. The van der Waals surface area contributed by atoms with Crippen LogP contribution in [0.3, 0.4) is 0 Å². The van der Waals surface area contributed by atoms with Crippen LogP contribution in [-0.4, -0.2) is 25.5 Å². The predicted molar refractivity (Wildman–Crippen MR) is 84.9 cm³/mol. The summed E-state index contributed by atoms with van der Waals surface area (Å²) >= 11 is 0. The van der Waals surface area contributed by atoms with E-state index in [1.165, 1.54) is 11.1 Å². The summed E-state index contributed by atoms with van der Waals surface area (Å²) in [7, 11) is 4.08. The topological polar surface area (TPSA) is 27.0 Å². The van der Waals surface area contributed by atoms with Crippen molar-refractivity contribution < 1.29 is 0 Å². The molecule has 0 aliphatic heterocycles. The number of benzene rings is 2. The van der Waals surface area contributed by atoms with Crippen molar-refractivity contribution >= 4 is 0 Å². The fraction of sp³-hybridized carbons (Fsp3) is 0.316. The third-order valence-electron chi connectivity index (χ3n) is 4.59. The predicted octanol–water partition coefficient (Wildman–Crippen LogP) is 3.45. The Morgan fingerprint density at radius 2 is 1.43 bits per heavy atom. The molecule has 1 aliphatic rings. The molecule has 1 unspecified atom stereocenters. The summed E-state index contributed by atoms with van der Waals surface area (Å²) in [5, 5.41) is 9.89. The maximum absolute atomic E-state index is 9.89. The van der Waals surface area contributed by atoms with Crippen LogP contribution in [0.5, 0.6) is 0 Å². The summed E-state index contributed by atoms with van der Waals surface area (Å²) in [6.07, 6.45) is 0.892. The molecular weight excluding hydrogens is 256 g/mol. The van der Waals surface area contributed by atoms with Crippen LogP contribution < -0.4 is 0 Å². The lowest BCUT2D eigenvalue weighted by atomic mass is 9.80.